The maximum Gasteiger partial charge on any atom is 0.234 e. The van der Waals surface area contributed by atoms with E-state index in [2.05, 4.69) is 17.3 Å². The van der Waals surface area contributed by atoms with Gasteiger partial charge in [-0.2, -0.15) is 0 Å². The van der Waals surface area contributed by atoms with Gasteiger partial charge in [-0.3, -0.25) is 4.79 Å². The normalized spacial score (nSPS) is 26.4. The Morgan fingerprint density at radius 3 is 2.82 bits per heavy atom. The zero-order chi connectivity index (χ0) is 12.3. The second kappa shape index (κ2) is 5.80. The van der Waals surface area contributed by atoms with E-state index in [1.165, 1.54) is 12.8 Å². The number of rotatable bonds is 7. The molecule has 2 rings (SSSR count). The Balaban J connectivity index is 1.71. The molecule has 2 fully saturated rings. The highest BCUT2D eigenvalue weighted by Crippen LogP contribution is 2.20. The zero-order valence-corrected chi connectivity index (χ0v) is 10.5. The number of likely N-dealkylation sites (N-methyl/N-ethyl adjacent to an activating group) is 1. The molecule has 3 N–H and O–H groups in total. The molecule has 0 aromatic rings. The first-order valence-electron chi connectivity index (χ1n) is 6.50. The fourth-order valence-electron chi connectivity index (χ4n) is 2.23. The molecule has 0 aromatic carbocycles. The summed E-state index contributed by atoms with van der Waals surface area (Å²) in [5, 5.41) is 3.30. The van der Waals surface area contributed by atoms with Crippen LogP contribution in [0.2, 0.25) is 0 Å². The summed E-state index contributed by atoms with van der Waals surface area (Å²) >= 11 is 0. The Morgan fingerprint density at radius 2 is 2.29 bits per heavy atom. The number of hydrogen-bond donors (Lipinski definition) is 2. The standard InChI is InChI=1S/C12H23N3O2/c1-15(10-5-7-17-8-10)6-4-11(12(13)16)14-9-2-3-9/h9-11,14H,2-8H2,1H3,(H2,13,16). The highest BCUT2D eigenvalue weighted by atomic mass is 16.5. The van der Waals surface area contributed by atoms with Crippen LogP contribution in [0.4, 0.5) is 0 Å². The number of nitrogens with one attached hydrogen (secondary N) is 1. The van der Waals surface area contributed by atoms with Crippen molar-refractivity contribution < 1.29 is 9.53 Å². The van der Waals surface area contributed by atoms with E-state index in [0.717, 1.165) is 32.6 Å². The molecule has 17 heavy (non-hydrogen) atoms. The lowest BCUT2D eigenvalue weighted by Gasteiger charge is -2.25. The molecule has 98 valence electrons. The molecule has 2 unspecified atom stereocenters. The summed E-state index contributed by atoms with van der Waals surface area (Å²) in [5.41, 5.74) is 5.41. The second-order valence-electron chi connectivity index (χ2n) is 5.18. The Hall–Kier alpha value is -0.650. The molecule has 0 radical (unpaired) electrons. The number of amides is 1. The third-order valence-corrected chi connectivity index (χ3v) is 3.66. The lowest BCUT2D eigenvalue weighted by molar-refractivity contribution is -0.120. The Morgan fingerprint density at radius 1 is 1.53 bits per heavy atom. The van der Waals surface area contributed by atoms with Crippen LogP contribution in [0.3, 0.4) is 0 Å². The smallest absolute Gasteiger partial charge is 0.234 e. The van der Waals surface area contributed by atoms with Crippen molar-refractivity contribution in [1.82, 2.24) is 10.2 Å². The van der Waals surface area contributed by atoms with E-state index in [1.54, 1.807) is 0 Å². The molecular weight excluding hydrogens is 218 g/mol. The average Bonchev–Trinajstić information content (AvgIpc) is 2.94. The van der Waals surface area contributed by atoms with Gasteiger partial charge in [-0.15, -0.1) is 0 Å². The molecule has 1 saturated heterocycles. The van der Waals surface area contributed by atoms with E-state index in [-0.39, 0.29) is 11.9 Å². The van der Waals surface area contributed by atoms with Gasteiger partial charge in [0.1, 0.15) is 0 Å². The Kier molecular flexibility index (Phi) is 4.36. The number of nitrogens with zero attached hydrogens (tertiary/aromatic N) is 1. The molecule has 5 heteroatoms. The van der Waals surface area contributed by atoms with Crippen LogP contribution in [0.5, 0.6) is 0 Å². The number of ether oxygens (including phenoxy) is 1. The minimum Gasteiger partial charge on any atom is -0.380 e. The van der Waals surface area contributed by atoms with Crippen LogP contribution in [-0.4, -0.2) is 55.7 Å². The lowest BCUT2D eigenvalue weighted by atomic mass is 10.1. The van der Waals surface area contributed by atoms with E-state index >= 15 is 0 Å². The van der Waals surface area contributed by atoms with E-state index < -0.39 is 0 Å². The van der Waals surface area contributed by atoms with Gasteiger partial charge in [0.2, 0.25) is 5.91 Å². The van der Waals surface area contributed by atoms with Crippen molar-refractivity contribution in [2.75, 3.05) is 26.8 Å². The van der Waals surface area contributed by atoms with Gasteiger partial charge in [0.05, 0.1) is 12.6 Å². The van der Waals surface area contributed by atoms with Crippen LogP contribution in [0.15, 0.2) is 0 Å². The number of carbonyl (C=O) groups is 1. The molecule has 1 heterocycles. The number of primary amides is 1. The number of carbonyl (C=O) groups excluding carboxylic acids is 1. The molecule has 2 atom stereocenters. The summed E-state index contributed by atoms with van der Waals surface area (Å²) in [6.45, 7) is 2.56. The number of hydrogen-bond acceptors (Lipinski definition) is 4. The predicted molar refractivity (Wildman–Crippen MR) is 65.6 cm³/mol. The van der Waals surface area contributed by atoms with Gasteiger partial charge in [0.25, 0.3) is 0 Å². The van der Waals surface area contributed by atoms with Crippen LogP contribution < -0.4 is 11.1 Å². The Bertz CT molecular complexity index is 262. The molecule has 1 saturated carbocycles. The quantitative estimate of drug-likeness (QED) is 0.642. The van der Waals surface area contributed by atoms with Gasteiger partial charge in [0.15, 0.2) is 0 Å². The molecule has 0 bridgehead atoms. The number of nitrogens with two attached hydrogens (primary N) is 1. The first kappa shape index (κ1) is 12.8. The van der Waals surface area contributed by atoms with E-state index in [9.17, 15) is 4.79 Å². The van der Waals surface area contributed by atoms with Gasteiger partial charge >= 0.3 is 0 Å². The monoisotopic (exact) mass is 241 g/mol. The average molecular weight is 241 g/mol. The zero-order valence-electron chi connectivity index (χ0n) is 10.5. The van der Waals surface area contributed by atoms with Gasteiger partial charge in [0, 0.05) is 25.2 Å². The lowest BCUT2D eigenvalue weighted by Crippen LogP contribution is -2.45. The van der Waals surface area contributed by atoms with E-state index in [0.29, 0.717) is 12.1 Å². The molecule has 1 amide bonds. The van der Waals surface area contributed by atoms with Gasteiger partial charge in [-0.1, -0.05) is 0 Å². The van der Waals surface area contributed by atoms with Crippen molar-refractivity contribution in [3.8, 4) is 0 Å². The van der Waals surface area contributed by atoms with Crippen molar-refractivity contribution >= 4 is 5.91 Å². The van der Waals surface area contributed by atoms with E-state index in [1.807, 2.05) is 0 Å². The topological polar surface area (TPSA) is 67.6 Å². The predicted octanol–water partition coefficient (Wildman–Crippen LogP) is -0.297. The van der Waals surface area contributed by atoms with E-state index in [4.69, 9.17) is 10.5 Å². The third kappa shape index (κ3) is 3.94. The molecule has 1 aliphatic heterocycles. The van der Waals surface area contributed by atoms with Crippen LogP contribution in [0.1, 0.15) is 25.7 Å². The van der Waals surface area contributed by atoms with Crippen molar-refractivity contribution in [2.24, 2.45) is 5.73 Å². The fraction of sp³-hybridized carbons (Fsp3) is 0.917. The minimum atomic E-state index is -0.229. The highest BCUT2D eigenvalue weighted by molar-refractivity contribution is 5.79. The molecule has 0 aromatic heterocycles. The van der Waals surface area contributed by atoms with Crippen molar-refractivity contribution in [2.45, 2.75) is 43.8 Å². The largest absolute Gasteiger partial charge is 0.380 e. The SMILES string of the molecule is CN(CCC(NC1CC1)C(N)=O)C1CCOC1. The van der Waals surface area contributed by atoms with Crippen LogP contribution in [-0.2, 0) is 9.53 Å². The third-order valence-electron chi connectivity index (χ3n) is 3.66. The highest BCUT2D eigenvalue weighted by Gasteiger charge is 2.28. The van der Waals surface area contributed by atoms with Crippen LogP contribution >= 0.6 is 0 Å². The second-order valence-corrected chi connectivity index (χ2v) is 5.18. The summed E-state index contributed by atoms with van der Waals surface area (Å²) < 4.78 is 5.36. The van der Waals surface area contributed by atoms with Crippen LogP contribution in [0, 0.1) is 0 Å². The molecule has 0 spiro atoms. The fourth-order valence-corrected chi connectivity index (χ4v) is 2.23. The van der Waals surface area contributed by atoms with Gasteiger partial charge in [-0.25, -0.2) is 0 Å². The van der Waals surface area contributed by atoms with Gasteiger partial charge in [-0.05, 0) is 32.7 Å². The summed E-state index contributed by atoms with van der Waals surface area (Å²) in [4.78, 5) is 13.6. The molecule has 2 aliphatic rings. The summed E-state index contributed by atoms with van der Waals surface area (Å²) in [6, 6.07) is 0.851. The summed E-state index contributed by atoms with van der Waals surface area (Å²) in [5.74, 6) is -0.229. The maximum atomic E-state index is 11.3. The molecule has 1 aliphatic carbocycles. The molecular formula is C12H23N3O2. The van der Waals surface area contributed by atoms with Crippen LogP contribution in [0.25, 0.3) is 0 Å². The first-order valence-corrected chi connectivity index (χ1v) is 6.50. The first-order chi connectivity index (χ1) is 8.16. The minimum absolute atomic E-state index is 0.174. The maximum absolute atomic E-state index is 11.3. The summed E-state index contributed by atoms with van der Waals surface area (Å²) in [7, 11) is 2.09. The van der Waals surface area contributed by atoms with Gasteiger partial charge < -0.3 is 20.7 Å². The molecule has 5 nitrogen and oxygen atoms in total. The van der Waals surface area contributed by atoms with Crippen molar-refractivity contribution in [1.29, 1.82) is 0 Å². The van der Waals surface area contributed by atoms with Crippen molar-refractivity contribution in [3.05, 3.63) is 0 Å². The van der Waals surface area contributed by atoms with Crippen molar-refractivity contribution in [3.63, 3.8) is 0 Å². The Labute approximate surface area is 103 Å². The summed E-state index contributed by atoms with van der Waals surface area (Å²) in [6.07, 6.45) is 4.23.